The lowest BCUT2D eigenvalue weighted by Crippen LogP contribution is -2.56. The van der Waals surface area contributed by atoms with Crippen molar-refractivity contribution in [3.8, 4) is 0 Å². The molecule has 0 aliphatic carbocycles. The van der Waals surface area contributed by atoms with Gasteiger partial charge in [0.05, 0.1) is 5.56 Å². The molecule has 1 saturated heterocycles. The fourth-order valence-corrected chi connectivity index (χ4v) is 2.20. The number of hydrogen-bond acceptors (Lipinski definition) is 2. The van der Waals surface area contributed by atoms with Gasteiger partial charge in [-0.3, -0.25) is 4.90 Å². The molecular formula is C13H16F4N2. The number of rotatable bonds is 4. The van der Waals surface area contributed by atoms with Crippen LogP contribution in [0.5, 0.6) is 0 Å². The minimum Gasteiger partial charge on any atom is -0.314 e. The summed E-state index contributed by atoms with van der Waals surface area (Å²) < 4.78 is 51.7. The summed E-state index contributed by atoms with van der Waals surface area (Å²) in [6.07, 6.45) is -4.52. The van der Waals surface area contributed by atoms with Gasteiger partial charge in [0.2, 0.25) is 0 Å². The van der Waals surface area contributed by atoms with Crippen molar-refractivity contribution in [3.05, 3.63) is 35.1 Å². The molecule has 0 unspecified atom stereocenters. The molecule has 0 atom stereocenters. The van der Waals surface area contributed by atoms with Crippen molar-refractivity contribution in [2.24, 2.45) is 0 Å². The number of hydrogen-bond donors (Lipinski definition) is 1. The second-order valence-corrected chi connectivity index (χ2v) is 4.67. The summed E-state index contributed by atoms with van der Waals surface area (Å²) in [5.41, 5.74) is -0.749. The zero-order chi connectivity index (χ0) is 14.0. The van der Waals surface area contributed by atoms with Crippen molar-refractivity contribution in [1.29, 1.82) is 0 Å². The maximum Gasteiger partial charge on any atom is 0.416 e. The lowest BCUT2D eigenvalue weighted by molar-refractivity contribution is -0.138. The summed E-state index contributed by atoms with van der Waals surface area (Å²) in [6, 6.07) is 3.14. The van der Waals surface area contributed by atoms with Crippen LogP contribution in [-0.4, -0.2) is 30.6 Å². The van der Waals surface area contributed by atoms with Gasteiger partial charge in [0, 0.05) is 25.7 Å². The molecule has 2 nitrogen and oxygen atoms in total. The second-order valence-electron chi connectivity index (χ2n) is 4.67. The van der Waals surface area contributed by atoms with Gasteiger partial charge in [-0.15, -0.1) is 0 Å². The molecule has 0 saturated carbocycles. The molecule has 106 valence electrons. The fourth-order valence-electron chi connectivity index (χ4n) is 2.20. The zero-order valence-corrected chi connectivity index (χ0v) is 10.6. The van der Waals surface area contributed by atoms with E-state index in [1.807, 2.05) is 11.8 Å². The number of benzene rings is 1. The normalized spacial score (nSPS) is 16.7. The number of nitrogens with one attached hydrogen (secondary N) is 1. The highest BCUT2D eigenvalue weighted by molar-refractivity contribution is 5.30. The van der Waals surface area contributed by atoms with Gasteiger partial charge in [-0.25, -0.2) is 4.39 Å². The van der Waals surface area contributed by atoms with Crippen molar-refractivity contribution in [1.82, 2.24) is 10.2 Å². The van der Waals surface area contributed by atoms with Crippen LogP contribution < -0.4 is 5.32 Å². The van der Waals surface area contributed by atoms with E-state index in [1.165, 1.54) is 6.07 Å². The maximum atomic E-state index is 13.0. The Balaban J connectivity index is 2.23. The third-order valence-corrected chi connectivity index (χ3v) is 3.43. The van der Waals surface area contributed by atoms with E-state index >= 15 is 0 Å². The Labute approximate surface area is 109 Å². The number of nitrogens with zero attached hydrogens (tertiary/aromatic N) is 1. The summed E-state index contributed by atoms with van der Waals surface area (Å²) in [5.74, 6) is -0.857. The molecule has 1 heterocycles. The highest BCUT2D eigenvalue weighted by atomic mass is 19.4. The van der Waals surface area contributed by atoms with Crippen molar-refractivity contribution < 1.29 is 17.6 Å². The van der Waals surface area contributed by atoms with Crippen LogP contribution in [0.1, 0.15) is 18.1 Å². The molecule has 0 radical (unpaired) electrons. The van der Waals surface area contributed by atoms with E-state index in [9.17, 15) is 17.6 Å². The first-order valence-electron chi connectivity index (χ1n) is 6.22. The Hall–Kier alpha value is -1.14. The average molecular weight is 276 g/mol. The van der Waals surface area contributed by atoms with Crippen molar-refractivity contribution in [2.75, 3.05) is 19.6 Å². The van der Waals surface area contributed by atoms with Gasteiger partial charge in [0.15, 0.2) is 0 Å². The largest absolute Gasteiger partial charge is 0.416 e. The molecule has 1 aromatic rings. The van der Waals surface area contributed by atoms with E-state index < -0.39 is 17.6 Å². The highest BCUT2D eigenvalue weighted by Gasteiger charge is 2.34. The van der Waals surface area contributed by atoms with E-state index in [2.05, 4.69) is 5.32 Å². The van der Waals surface area contributed by atoms with Crippen LogP contribution in [0.15, 0.2) is 18.2 Å². The van der Waals surface area contributed by atoms with Crippen LogP contribution >= 0.6 is 0 Å². The standard InChI is InChI=1S/C13H16F4N2/c1-2-19(11-6-18-7-11)8-9-3-4-10(14)5-12(9)13(15,16)17/h3-5,11,18H,2,6-8H2,1H3. The zero-order valence-electron chi connectivity index (χ0n) is 10.6. The molecule has 19 heavy (non-hydrogen) atoms. The van der Waals surface area contributed by atoms with Gasteiger partial charge < -0.3 is 5.32 Å². The monoisotopic (exact) mass is 276 g/mol. The minimum atomic E-state index is -4.52. The Kier molecular flexibility index (Phi) is 4.10. The van der Waals surface area contributed by atoms with E-state index in [0.717, 1.165) is 19.2 Å². The van der Waals surface area contributed by atoms with Crippen LogP contribution in [0.3, 0.4) is 0 Å². The van der Waals surface area contributed by atoms with Crippen molar-refractivity contribution in [3.63, 3.8) is 0 Å². The molecular weight excluding hydrogens is 260 g/mol. The molecule has 0 amide bonds. The lowest BCUT2D eigenvalue weighted by atomic mass is 10.0. The molecule has 6 heteroatoms. The Morgan fingerprint density at radius 3 is 2.47 bits per heavy atom. The van der Waals surface area contributed by atoms with Crippen LogP contribution in [0.2, 0.25) is 0 Å². The first kappa shape index (κ1) is 14.3. The lowest BCUT2D eigenvalue weighted by Gasteiger charge is -2.38. The predicted octanol–water partition coefficient (Wildman–Crippen LogP) is 2.64. The maximum absolute atomic E-state index is 13.0. The van der Waals surface area contributed by atoms with Crippen LogP contribution in [0.25, 0.3) is 0 Å². The highest BCUT2D eigenvalue weighted by Crippen LogP contribution is 2.33. The number of likely N-dealkylation sites (N-methyl/N-ethyl adjacent to an activating group) is 1. The van der Waals surface area contributed by atoms with E-state index in [1.54, 1.807) is 0 Å². The first-order valence-corrected chi connectivity index (χ1v) is 6.22. The number of alkyl halides is 3. The van der Waals surface area contributed by atoms with Crippen LogP contribution in [0.4, 0.5) is 17.6 Å². The van der Waals surface area contributed by atoms with E-state index in [0.29, 0.717) is 12.6 Å². The number of halogens is 4. The van der Waals surface area contributed by atoms with E-state index in [-0.39, 0.29) is 18.2 Å². The quantitative estimate of drug-likeness (QED) is 0.850. The molecule has 1 fully saturated rings. The van der Waals surface area contributed by atoms with Gasteiger partial charge in [0.25, 0.3) is 0 Å². The van der Waals surface area contributed by atoms with Gasteiger partial charge in [0.1, 0.15) is 5.82 Å². The fraction of sp³-hybridized carbons (Fsp3) is 0.538. The summed E-state index contributed by atoms with van der Waals surface area (Å²) in [4.78, 5) is 1.97. The molecule has 0 aromatic heterocycles. The van der Waals surface area contributed by atoms with Gasteiger partial charge in [-0.05, 0) is 24.2 Å². The minimum absolute atomic E-state index is 0.127. The SMILES string of the molecule is CCN(Cc1ccc(F)cc1C(F)(F)F)C1CNC1. The Morgan fingerprint density at radius 2 is 2.00 bits per heavy atom. The average Bonchev–Trinajstić information content (AvgIpc) is 2.26. The van der Waals surface area contributed by atoms with Gasteiger partial charge in [-0.1, -0.05) is 13.0 Å². The predicted molar refractivity (Wildman–Crippen MR) is 64.1 cm³/mol. The molecule has 1 aliphatic heterocycles. The molecule has 1 aromatic carbocycles. The summed E-state index contributed by atoms with van der Waals surface area (Å²) in [7, 11) is 0. The van der Waals surface area contributed by atoms with Crippen molar-refractivity contribution >= 4 is 0 Å². The van der Waals surface area contributed by atoms with Gasteiger partial charge in [-0.2, -0.15) is 13.2 Å². The van der Waals surface area contributed by atoms with E-state index in [4.69, 9.17) is 0 Å². The third-order valence-electron chi connectivity index (χ3n) is 3.43. The Morgan fingerprint density at radius 1 is 1.32 bits per heavy atom. The smallest absolute Gasteiger partial charge is 0.314 e. The molecule has 2 rings (SSSR count). The van der Waals surface area contributed by atoms with Gasteiger partial charge >= 0.3 is 6.18 Å². The third kappa shape index (κ3) is 3.25. The van der Waals surface area contributed by atoms with Crippen molar-refractivity contribution in [2.45, 2.75) is 25.7 Å². The second kappa shape index (κ2) is 5.46. The summed E-state index contributed by atoms with van der Waals surface area (Å²) in [6.45, 7) is 4.35. The summed E-state index contributed by atoms with van der Waals surface area (Å²) in [5, 5.41) is 3.09. The molecule has 0 spiro atoms. The topological polar surface area (TPSA) is 15.3 Å². The first-order chi connectivity index (χ1) is 8.91. The Bertz CT molecular complexity index is 441. The van der Waals surface area contributed by atoms with Crippen LogP contribution in [0, 0.1) is 5.82 Å². The molecule has 0 bridgehead atoms. The summed E-state index contributed by atoms with van der Waals surface area (Å²) >= 11 is 0. The molecule has 1 aliphatic rings. The molecule has 1 N–H and O–H groups in total. The van der Waals surface area contributed by atoms with Crippen LogP contribution in [-0.2, 0) is 12.7 Å².